The van der Waals surface area contributed by atoms with E-state index in [1.54, 1.807) is 0 Å². The Bertz CT molecular complexity index is 169. The normalized spacial score (nSPS) is 17.9. The quantitative estimate of drug-likeness (QED) is 0.438. The molecule has 1 fully saturated rings. The Morgan fingerprint density at radius 1 is 1.18 bits per heavy atom. The third-order valence-electron chi connectivity index (χ3n) is 2.13. The molecule has 0 heterocycles. The number of carboxylic acids is 2. The van der Waals surface area contributed by atoms with Crippen molar-refractivity contribution in [3.63, 3.8) is 0 Å². The SMILES string of the molecule is O=C([O-])C(C(=O)[O-])C1CCC1. The molecule has 1 saturated carbocycles. The molecule has 0 aromatic rings. The van der Waals surface area contributed by atoms with Crippen LogP contribution in [0.1, 0.15) is 19.3 Å². The third-order valence-corrected chi connectivity index (χ3v) is 2.13. The molecule has 4 nitrogen and oxygen atoms in total. The molecule has 62 valence electrons. The van der Waals surface area contributed by atoms with E-state index in [1.165, 1.54) is 0 Å². The first-order valence-corrected chi connectivity index (χ1v) is 3.54. The summed E-state index contributed by atoms with van der Waals surface area (Å²) in [7, 11) is 0. The first kappa shape index (κ1) is 8.04. The van der Waals surface area contributed by atoms with Gasteiger partial charge in [-0.05, 0) is 18.8 Å². The monoisotopic (exact) mass is 156 g/mol. The highest BCUT2D eigenvalue weighted by molar-refractivity contribution is 5.91. The fourth-order valence-corrected chi connectivity index (χ4v) is 1.25. The van der Waals surface area contributed by atoms with E-state index in [4.69, 9.17) is 0 Å². The van der Waals surface area contributed by atoms with Crippen LogP contribution < -0.4 is 10.2 Å². The van der Waals surface area contributed by atoms with Gasteiger partial charge in [0.15, 0.2) is 0 Å². The first-order chi connectivity index (χ1) is 5.13. The maximum atomic E-state index is 10.2. The van der Waals surface area contributed by atoms with Crippen molar-refractivity contribution in [2.45, 2.75) is 19.3 Å². The molecular formula is C7H8O4-2. The Morgan fingerprint density at radius 3 is 1.73 bits per heavy atom. The predicted molar refractivity (Wildman–Crippen MR) is 30.8 cm³/mol. The number of rotatable bonds is 3. The Hall–Kier alpha value is -1.06. The van der Waals surface area contributed by atoms with E-state index in [1.807, 2.05) is 0 Å². The highest BCUT2D eigenvalue weighted by Crippen LogP contribution is 2.32. The van der Waals surface area contributed by atoms with Crippen LogP contribution in [0.2, 0.25) is 0 Å². The standard InChI is InChI=1S/C7H10O4/c8-6(9)5(7(10)11)4-2-1-3-4/h4-5H,1-3H2,(H,8,9)(H,10,11)/p-2. The molecule has 0 unspecified atom stereocenters. The average molecular weight is 156 g/mol. The van der Waals surface area contributed by atoms with Gasteiger partial charge in [0.2, 0.25) is 0 Å². The summed E-state index contributed by atoms with van der Waals surface area (Å²) in [6.07, 6.45) is 2.22. The number of carbonyl (C=O) groups excluding carboxylic acids is 2. The average Bonchev–Trinajstić information content (AvgIpc) is 1.75. The van der Waals surface area contributed by atoms with Crippen molar-refractivity contribution in [1.29, 1.82) is 0 Å². The molecule has 0 radical (unpaired) electrons. The number of hydrogen-bond acceptors (Lipinski definition) is 4. The minimum absolute atomic E-state index is 0.259. The summed E-state index contributed by atoms with van der Waals surface area (Å²) in [5.41, 5.74) is 0. The van der Waals surface area contributed by atoms with E-state index in [-0.39, 0.29) is 5.92 Å². The lowest BCUT2D eigenvalue weighted by atomic mass is 9.76. The fourth-order valence-electron chi connectivity index (χ4n) is 1.25. The van der Waals surface area contributed by atoms with Crippen LogP contribution in [0, 0.1) is 11.8 Å². The Kier molecular flexibility index (Phi) is 2.12. The van der Waals surface area contributed by atoms with E-state index < -0.39 is 17.9 Å². The smallest absolute Gasteiger partial charge is 0.0504 e. The van der Waals surface area contributed by atoms with Crippen molar-refractivity contribution in [3.05, 3.63) is 0 Å². The second-order valence-corrected chi connectivity index (χ2v) is 2.81. The van der Waals surface area contributed by atoms with Crippen molar-refractivity contribution in [2.75, 3.05) is 0 Å². The van der Waals surface area contributed by atoms with Crippen LogP contribution in [-0.2, 0) is 9.59 Å². The van der Waals surface area contributed by atoms with Crippen molar-refractivity contribution in [2.24, 2.45) is 11.8 Å². The molecule has 0 aromatic heterocycles. The maximum Gasteiger partial charge on any atom is 0.0504 e. The van der Waals surface area contributed by atoms with E-state index >= 15 is 0 Å². The van der Waals surface area contributed by atoms with Gasteiger partial charge in [-0.25, -0.2) is 0 Å². The molecule has 0 saturated heterocycles. The molecule has 11 heavy (non-hydrogen) atoms. The largest absolute Gasteiger partial charge is 0.549 e. The lowest BCUT2D eigenvalue weighted by Crippen LogP contribution is -2.48. The van der Waals surface area contributed by atoms with Crippen molar-refractivity contribution in [3.8, 4) is 0 Å². The van der Waals surface area contributed by atoms with Gasteiger partial charge in [-0.2, -0.15) is 0 Å². The maximum absolute atomic E-state index is 10.2. The van der Waals surface area contributed by atoms with Gasteiger partial charge in [-0.15, -0.1) is 0 Å². The topological polar surface area (TPSA) is 80.3 Å². The molecule has 0 spiro atoms. The molecule has 0 aromatic carbocycles. The van der Waals surface area contributed by atoms with E-state index in [0.717, 1.165) is 6.42 Å². The second kappa shape index (κ2) is 2.90. The van der Waals surface area contributed by atoms with Gasteiger partial charge >= 0.3 is 0 Å². The fraction of sp³-hybridized carbons (Fsp3) is 0.714. The van der Waals surface area contributed by atoms with Gasteiger partial charge in [-0.3, -0.25) is 0 Å². The van der Waals surface area contributed by atoms with Gasteiger partial charge in [0.25, 0.3) is 0 Å². The first-order valence-electron chi connectivity index (χ1n) is 3.54. The lowest BCUT2D eigenvalue weighted by Gasteiger charge is -2.34. The Labute approximate surface area is 63.8 Å². The van der Waals surface area contributed by atoms with Crippen LogP contribution in [0.25, 0.3) is 0 Å². The van der Waals surface area contributed by atoms with Gasteiger partial charge in [0.1, 0.15) is 0 Å². The van der Waals surface area contributed by atoms with Crippen molar-refractivity contribution >= 4 is 11.9 Å². The van der Waals surface area contributed by atoms with Gasteiger partial charge in [-0.1, -0.05) is 6.42 Å². The Balaban J connectivity index is 2.58. The van der Waals surface area contributed by atoms with E-state index in [0.29, 0.717) is 12.8 Å². The highest BCUT2D eigenvalue weighted by Gasteiger charge is 2.28. The summed E-state index contributed by atoms with van der Waals surface area (Å²) in [6.45, 7) is 0. The summed E-state index contributed by atoms with van der Waals surface area (Å²) in [5.74, 6) is -4.70. The zero-order valence-corrected chi connectivity index (χ0v) is 5.91. The van der Waals surface area contributed by atoms with Gasteiger partial charge in [0, 0.05) is 5.92 Å². The van der Waals surface area contributed by atoms with Crippen LogP contribution in [0.4, 0.5) is 0 Å². The van der Waals surface area contributed by atoms with Crippen LogP contribution in [-0.4, -0.2) is 11.9 Å². The number of hydrogen-bond donors (Lipinski definition) is 0. The summed E-state index contributed by atoms with van der Waals surface area (Å²) in [4.78, 5) is 20.5. The van der Waals surface area contributed by atoms with E-state index in [9.17, 15) is 19.8 Å². The molecule has 1 aliphatic rings. The molecule has 0 aliphatic heterocycles. The van der Waals surface area contributed by atoms with E-state index in [2.05, 4.69) is 0 Å². The minimum atomic E-state index is -1.52. The van der Waals surface area contributed by atoms with Crippen LogP contribution >= 0.6 is 0 Å². The summed E-state index contributed by atoms with van der Waals surface area (Å²) >= 11 is 0. The summed E-state index contributed by atoms with van der Waals surface area (Å²) in [6, 6.07) is 0. The molecule has 1 rings (SSSR count). The molecule has 4 heteroatoms. The molecule has 0 amide bonds. The number of carboxylic acid groups (broad SMARTS) is 2. The minimum Gasteiger partial charge on any atom is -0.549 e. The highest BCUT2D eigenvalue weighted by atomic mass is 16.4. The zero-order chi connectivity index (χ0) is 8.43. The third kappa shape index (κ3) is 1.50. The molecule has 0 N–H and O–H groups in total. The predicted octanol–water partition coefficient (Wildman–Crippen LogP) is -2.10. The van der Waals surface area contributed by atoms with Crippen LogP contribution in [0.5, 0.6) is 0 Å². The van der Waals surface area contributed by atoms with Crippen LogP contribution in [0.15, 0.2) is 0 Å². The number of aliphatic carboxylic acids is 2. The summed E-state index contributed by atoms with van der Waals surface area (Å²) in [5, 5.41) is 20.5. The van der Waals surface area contributed by atoms with Gasteiger partial charge < -0.3 is 19.8 Å². The molecular weight excluding hydrogens is 148 g/mol. The van der Waals surface area contributed by atoms with Crippen molar-refractivity contribution in [1.82, 2.24) is 0 Å². The van der Waals surface area contributed by atoms with Crippen LogP contribution in [0.3, 0.4) is 0 Å². The second-order valence-electron chi connectivity index (χ2n) is 2.81. The zero-order valence-electron chi connectivity index (χ0n) is 5.91. The number of carbonyl (C=O) groups is 2. The lowest BCUT2D eigenvalue weighted by molar-refractivity contribution is -0.335. The molecule has 0 bridgehead atoms. The Morgan fingerprint density at radius 2 is 1.64 bits per heavy atom. The molecule has 1 aliphatic carbocycles. The van der Waals surface area contributed by atoms with Gasteiger partial charge in [0.05, 0.1) is 11.9 Å². The molecule has 0 atom stereocenters. The summed E-state index contributed by atoms with van der Waals surface area (Å²) < 4.78 is 0. The van der Waals surface area contributed by atoms with Crippen molar-refractivity contribution < 1.29 is 19.8 Å².